The van der Waals surface area contributed by atoms with Crippen LogP contribution in [0.4, 0.5) is 0 Å². The lowest BCUT2D eigenvalue weighted by Crippen LogP contribution is -2.13. The molecule has 0 fully saturated rings. The molecular formula is C12H11ClN2OS2. The molecule has 2 rings (SSSR count). The number of carbonyl (C=O) groups excluding carboxylic acids is 1. The highest BCUT2D eigenvalue weighted by molar-refractivity contribution is 8.02. The predicted octanol–water partition coefficient (Wildman–Crippen LogP) is 3.86. The third-order valence-electron chi connectivity index (χ3n) is 2.28. The van der Waals surface area contributed by atoms with Crippen molar-refractivity contribution < 1.29 is 4.79 Å². The van der Waals surface area contributed by atoms with Crippen LogP contribution < -0.4 is 0 Å². The monoisotopic (exact) mass is 298 g/mol. The number of hydrogen-bond donors (Lipinski definition) is 0. The van der Waals surface area contributed by atoms with E-state index in [1.807, 2.05) is 13.8 Å². The van der Waals surface area contributed by atoms with Crippen LogP contribution in [0.15, 0.2) is 28.6 Å². The highest BCUT2D eigenvalue weighted by Crippen LogP contribution is 2.27. The second kappa shape index (κ2) is 5.82. The second-order valence-electron chi connectivity index (χ2n) is 3.74. The van der Waals surface area contributed by atoms with Gasteiger partial charge in [-0.05, 0) is 49.6 Å². The van der Waals surface area contributed by atoms with Gasteiger partial charge in [0, 0.05) is 10.6 Å². The first-order valence-electron chi connectivity index (χ1n) is 5.33. The van der Waals surface area contributed by atoms with Gasteiger partial charge in [-0.15, -0.1) is 0 Å². The predicted molar refractivity (Wildman–Crippen MR) is 75.7 cm³/mol. The Kier molecular flexibility index (Phi) is 4.37. The van der Waals surface area contributed by atoms with Gasteiger partial charge in [0.05, 0.1) is 5.25 Å². The Morgan fingerprint density at radius 3 is 2.61 bits per heavy atom. The molecule has 6 heteroatoms. The Balaban J connectivity index is 2.07. The number of aryl methyl sites for hydroxylation is 1. The molecule has 94 valence electrons. The molecule has 1 aromatic heterocycles. The summed E-state index contributed by atoms with van der Waals surface area (Å²) >= 11 is 8.55. The molecule has 3 nitrogen and oxygen atoms in total. The summed E-state index contributed by atoms with van der Waals surface area (Å²) in [7, 11) is 0. The lowest BCUT2D eigenvalue weighted by molar-refractivity contribution is 0.0994. The van der Waals surface area contributed by atoms with Crippen LogP contribution in [0.3, 0.4) is 0 Å². The first-order valence-corrected chi connectivity index (χ1v) is 7.36. The fourth-order valence-electron chi connectivity index (χ4n) is 1.38. The van der Waals surface area contributed by atoms with Gasteiger partial charge in [0.2, 0.25) is 0 Å². The summed E-state index contributed by atoms with van der Waals surface area (Å²) in [6.07, 6.45) is 0. The zero-order valence-corrected chi connectivity index (χ0v) is 12.3. The van der Waals surface area contributed by atoms with E-state index in [1.54, 1.807) is 24.3 Å². The van der Waals surface area contributed by atoms with Crippen LogP contribution in [0.5, 0.6) is 0 Å². The summed E-state index contributed by atoms with van der Waals surface area (Å²) in [5.41, 5.74) is 0.667. The molecule has 0 saturated carbocycles. The van der Waals surface area contributed by atoms with Gasteiger partial charge in [0.1, 0.15) is 5.82 Å². The third-order valence-corrected chi connectivity index (χ3v) is 4.51. The van der Waals surface area contributed by atoms with E-state index in [4.69, 9.17) is 11.6 Å². The number of thioether (sulfide) groups is 1. The van der Waals surface area contributed by atoms with Gasteiger partial charge in [0.25, 0.3) is 0 Å². The molecule has 2 aromatic rings. The van der Waals surface area contributed by atoms with E-state index in [2.05, 4.69) is 9.36 Å². The van der Waals surface area contributed by atoms with E-state index in [0.717, 1.165) is 10.2 Å². The number of benzene rings is 1. The second-order valence-corrected chi connectivity index (χ2v) is 6.51. The molecule has 0 radical (unpaired) electrons. The third kappa shape index (κ3) is 3.31. The average molecular weight is 299 g/mol. The lowest BCUT2D eigenvalue weighted by Gasteiger charge is -2.07. The Hall–Kier alpha value is -0.910. The quantitative estimate of drug-likeness (QED) is 0.635. The highest BCUT2D eigenvalue weighted by Gasteiger charge is 2.18. The van der Waals surface area contributed by atoms with E-state index < -0.39 is 0 Å². The van der Waals surface area contributed by atoms with Crippen LogP contribution >= 0.6 is 34.9 Å². The normalized spacial score (nSPS) is 12.4. The minimum absolute atomic E-state index is 0.0736. The number of aromatic nitrogens is 2. The van der Waals surface area contributed by atoms with Crippen molar-refractivity contribution in [2.24, 2.45) is 0 Å². The summed E-state index contributed by atoms with van der Waals surface area (Å²) in [5.74, 6) is 0.818. The zero-order chi connectivity index (χ0) is 13.1. The van der Waals surface area contributed by atoms with Crippen LogP contribution in [0.1, 0.15) is 23.1 Å². The average Bonchev–Trinajstić information content (AvgIpc) is 2.75. The zero-order valence-electron chi connectivity index (χ0n) is 9.88. The summed E-state index contributed by atoms with van der Waals surface area (Å²) in [6, 6.07) is 6.93. The maximum absolute atomic E-state index is 12.2. The van der Waals surface area contributed by atoms with E-state index in [-0.39, 0.29) is 11.0 Å². The Morgan fingerprint density at radius 1 is 1.39 bits per heavy atom. The van der Waals surface area contributed by atoms with Crippen LogP contribution in [-0.2, 0) is 0 Å². The number of carbonyl (C=O) groups is 1. The van der Waals surface area contributed by atoms with Crippen molar-refractivity contribution in [3.05, 3.63) is 40.7 Å². The Bertz CT molecular complexity index is 553. The molecule has 1 atom stereocenters. The fraction of sp³-hybridized carbons (Fsp3) is 0.250. The number of nitrogens with zero attached hydrogens (tertiary/aromatic N) is 2. The Morgan fingerprint density at radius 2 is 2.06 bits per heavy atom. The van der Waals surface area contributed by atoms with Gasteiger partial charge in [0.15, 0.2) is 10.1 Å². The highest BCUT2D eigenvalue weighted by atomic mass is 35.5. The number of rotatable bonds is 4. The summed E-state index contributed by atoms with van der Waals surface area (Å²) in [5, 5.41) is 0.449. The van der Waals surface area contributed by atoms with Gasteiger partial charge >= 0.3 is 0 Å². The van der Waals surface area contributed by atoms with Gasteiger partial charge in [-0.1, -0.05) is 23.4 Å². The number of Topliss-reactive ketones (excluding diaryl/α,β-unsaturated/α-hetero) is 1. The van der Waals surface area contributed by atoms with Crippen molar-refractivity contribution >= 4 is 40.7 Å². The van der Waals surface area contributed by atoms with Crippen molar-refractivity contribution in [1.29, 1.82) is 0 Å². The standard InChI is InChI=1S/C12H11ClN2OS2/c1-7(17-12-14-8(2)15-18-12)11(16)9-3-5-10(13)6-4-9/h3-7H,1-2H3. The van der Waals surface area contributed by atoms with Gasteiger partial charge in [-0.3, -0.25) is 4.79 Å². The molecule has 0 saturated heterocycles. The molecule has 0 amide bonds. The topological polar surface area (TPSA) is 42.9 Å². The van der Waals surface area contributed by atoms with Crippen LogP contribution in [0.2, 0.25) is 5.02 Å². The maximum Gasteiger partial charge on any atom is 0.175 e. The van der Waals surface area contributed by atoms with E-state index in [0.29, 0.717) is 10.6 Å². The maximum atomic E-state index is 12.2. The van der Waals surface area contributed by atoms with Gasteiger partial charge < -0.3 is 0 Å². The van der Waals surface area contributed by atoms with Crippen LogP contribution in [0, 0.1) is 6.92 Å². The van der Waals surface area contributed by atoms with Crippen molar-refractivity contribution in [3.63, 3.8) is 0 Å². The molecule has 0 bridgehead atoms. The minimum Gasteiger partial charge on any atom is -0.293 e. The van der Waals surface area contributed by atoms with Crippen LogP contribution in [0.25, 0.3) is 0 Å². The molecule has 1 heterocycles. The molecule has 0 aliphatic rings. The van der Waals surface area contributed by atoms with E-state index in [9.17, 15) is 4.79 Å². The molecular weight excluding hydrogens is 288 g/mol. The minimum atomic E-state index is -0.182. The van der Waals surface area contributed by atoms with Gasteiger partial charge in [-0.25, -0.2) is 4.98 Å². The lowest BCUT2D eigenvalue weighted by atomic mass is 10.1. The van der Waals surface area contributed by atoms with Crippen molar-refractivity contribution in [2.75, 3.05) is 0 Å². The first kappa shape index (κ1) is 13.5. The summed E-state index contributed by atoms with van der Waals surface area (Å²) < 4.78 is 4.92. The van der Waals surface area contributed by atoms with E-state index in [1.165, 1.54) is 23.3 Å². The summed E-state index contributed by atoms with van der Waals surface area (Å²) in [6.45, 7) is 3.71. The number of halogens is 1. The van der Waals surface area contributed by atoms with Crippen molar-refractivity contribution in [2.45, 2.75) is 23.4 Å². The molecule has 0 aliphatic carbocycles. The first-order chi connectivity index (χ1) is 8.56. The fourth-order valence-corrected chi connectivity index (χ4v) is 3.38. The summed E-state index contributed by atoms with van der Waals surface area (Å²) in [4.78, 5) is 16.4. The van der Waals surface area contributed by atoms with Crippen molar-refractivity contribution in [1.82, 2.24) is 9.36 Å². The van der Waals surface area contributed by atoms with Crippen molar-refractivity contribution in [3.8, 4) is 0 Å². The molecule has 0 aliphatic heterocycles. The molecule has 1 unspecified atom stereocenters. The Labute approximate surface area is 119 Å². The SMILES string of the molecule is Cc1nsc(SC(C)C(=O)c2ccc(Cl)cc2)n1. The van der Waals surface area contributed by atoms with E-state index >= 15 is 0 Å². The van der Waals surface area contributed by atoms with Crippen LogP contribution in [-0.4, -0.2) is 20.4 Å². The van der Waals surface area contributed by atoms with Gasteiger partial charge in [-0.2, -0.15) is 4.37 Å². The smallest absolute Gasteiger partial charge is 0.175 e. The molecule has 0 spiro atoms. The molecule has 1 aromatic carbocycles. The number of ketones is 1. The number of hydrogen-bond acceptors (Lipinski definition) is 5. The largest absolute Gasteiger partial charge is 0.293 e. The molecule has 18 heavy (non-hydrogen) atoms. The molecule has 0 N–H and O–H groups in total.